The molecule has 1 saturated heterocycles. The van der Waals surface area contributed by atoms with Crippen molar-refractivity contribution in [1.82, 2.24) is 14.6 Å². The van der Waals surface area contributed by atoms with Gasteiger partial charge in [0.1, 0.15) is 24.4 Å². The molecule has 176 valence electrons. The molecular weight excluding hydrogens is 476 g/mol. The summed E-state index contributed by atoms with van der Waals surface area (Å²) in [6, 6.07) is -3.11. The van der Waals surface area contributed by atoms with Crippen LogP contribution in [-0.2, 0) is 34.3 Å². The summed E-state index contributed by atoms with van der Waals surface area (Å²) in [4.78, 5) is 55.8. The van der Waals surface area contributed by atoms with Crippen molar-refractivity contribution in [3.05, 3.63) is 11.1 Å². The molecule has 0 aliphatic carbocycles. The smallest absolute Gasteiger partial charge is 0.404 e. The van der Waals surface area contributed by atoms with Gasteiger partial charge in [-0.25, -0.2) is 18.9 Å². The molecule has 7 N–H and O–H groups in total. The third-order valence-corrected chi connectivity index (χ3v) is 5.58. The van der Waals surface area contributed by atoms with Crippen LogP contribution in [0.2, 0.25) is 0 Å². The first-order valence-corrected chi connectivity index (χ1v) is 10.7. The minimum atomic E-state index is -5.04. The van der Waals surface area contributed by atoms with Gasteiger partial charge in [0.05, 0.1) is 0 Å². The molecule has 1 aromatic rings. The number of nitrogens with one attached hydrogen (secondary N) is 1. The second kappa shape index (κ2) is 8.93. The molecule has 2 atom stereocenters. The molecule has 1 aromatic heterocycles. The number of aliphatic carboxylic acids is 1. The van der Waals surface area contributed by atoms with Crippen molar-refractivity contribution in [3.63, 3.8) is 0 Å². The van der Waals surface area contributed by atoms with E-state index in [4.69, 9.17) is 21.4 Å². The summed E-state index contributed by atoms with van der Waals surface area (Å²) in [6.07, 6.45) is -1.30. The number of carboxylic acid groups (broad SMARTS) is 1. The summed E-state index contributed by atoms with van der Waals surface area (Å²) in [5, 5.41) is 16.1. The number of carboxylic acids is 1. The number of ether oxygens (including phenoxy) is 1. The van der Waals surface area contributed by atoms with E-state index in [1.54, 1.807) is 0 Å². The third-order valence-electron chi connectivity index (χ3n) is 3.96. The van der Waals surface area contributed by atoms with Gasteiger partial charge in [-0.3, -0.25) is 14.1 Å². The number of carbonyl (C=O) groups is 4. The molecule has 1 aliphatic heterocycles. The van der Waals surface area contributed by atoms with Gasteiger partial charge in [-0.1, -0.05) is 5.16 Å². The number of thiazole rings is 1. The maximum absolute atomic E-state index is 12.8. The Morgan fingerprint density at radius 1 is 1.41 bits per heavy atom. The summed E-state index contributed by atoms with van der Waals surface area (Å²) < 4.78 is 36.4. The number of primary amides is 1. The van der Waals surface area contributed by atoms with E-state index in [1.807, 2.05) is 0 Å². The molecular formula is C14H18N6O10S2. The number of carbonyl (C=O) groups excluding carboxylic acids is 3. The summed E-state index contributed by atoms with van der Waals surface area (Å²) in [6.45, 7) is 1.53. The molecule has 3 amide bonds. The van der Waals surface area contributed by atoms with Crippen LogP contribution in [0.15, 0.2) is 10.5 Å². The number of aromatic nitrogens is 1. The lowest BCUT2D eigenvalue weighted by Gasteiger charge is -2.43. The van der Waals surface area contributed by atoms with Crippen molar-refractivity contribution in [2.24, 2.45) is 10.9 Å². The highest BCUT2D eigenvalue weighted by molar-refractivity contribution is 7.84. The lowest BCUT2D eigenvalue weighted by atomic mass is 9.99. The largest absolute Gasteiger partial charge is 0.478 e. The van der Waals surface area contributed by atoms with E-state index in [-0.39, 0.29) is 15.1 Å². The highest BCUT2D eigenvalue weighted by atomic mass is 32.2. The van der Waals surface area contributed by atoms with Crippen molar-refractivity contribution in [2.75, 3.05) is 12.3 Å². The van der Waals surface area contributed by atoms with Gasteiger partial charge in [-0.05, 0) is 13.8 Å². The molecule has 16 nitrogen and oxygen atoms in total. The van der Waals surface area contributed by atoms with Crippen molar-refractivity contribution >= 4 is 56.4 Å². The molecule has 1 fully saturated rings. The molecule has 0 saturated carbocycles. The number of nitrogens with two attached hydrogens (primary N) is 2. The van der Waals surface area contributed by atoms with E-state index in [0.717, 1.165) is 25.2 Å². The molecule has 2 heterocycles. The minimum absolute atomic E-state index is 0.0113. The fourth-order valence-electron chi connectivity index (χ4n) is 2.30. The van der Waals surface area contributed by atoms with Crippen LogP contribution < -0.4 is 16.8 Å². The zero-order valence-electron chi connectivity index (χ0n) is 16.4. The summed E-state index contributed by atoms with van der Waals surface area (Å²) in [7, 11) is -5.04. The maximum Gasteiger partial charge on any atom is 0.404 e. The normalized spacial score (nSPS) is 19.2. The number of hydrogen-bond acceptors (Lipinski definition) is 12. The quantitative estimate of drug-likeness (QED) is 0.107. The summed E-state index contributed by atoms with van der Waals surface area (Å²) >= 11 is 0.920. The number of anilines is 1. The molecule has 0 aromatic carbocycles. The van der Waals surface area contributed by atoms with E-state index in [1.165, 1.54) is 5.38 Å². The summed E-state index contributed by atoms with van der Waals surface area (Å²) in [5.74, 6) is -3.78. The van der Waals surface area contributed by atoms with Crippen LogP contribution in [0.1, 0.15) is 19.5 Å². The second-order valence-electron chi connectivity index (χ2n) is 6.68. The fraction of sp³-hybridized carbons (Fsp3) is 0.429. The Bertz CT molecular complexity index is 1080. The maximum atomic E-state index is 12.8. The molecule has 0 radical (unpaired) electrons. The zero-order valence-corrected chi connectivity index (χ0v) is 18.0. The average Bonchev–Trinajstić information content (AvgIpc) is 3.07. The Balaban J connectivity index is 2.32. The summed E-state index contributed by atoms with van der Waals surface area (Å²) in [5.41, 5.74) is 7.79. The third kappa shape index (κ3) is 5.39. The first-order valence-electron chi connectivity index (χ1n) is 8.40. The van der Waals surface area contributed by atoms with Crippen LogP contribution in [0.25, 0.3) is 0 Å². The van der Waals surface area contributed by atoms with Gasteiger partial charge >= 0.3 is 22.4 Å². The van der Waals surface area contributed by atoms with Gasteiger partial charge in [0.15, 0.2) is 10.8 Å². The molecule has 2 rings (SSSR count). The van der Waals surface area contributed by atoms with Crippen molar-refractivity contribution < 1.29 is 46.8 Å². The average molecular weight is 494 g/mol. The number of amides is 3. The number of hydrogen-bond donors (Lipinski definition) is 5. The molecule has 0 spiro atoms. The van der Waals surface area contributed by atoms with Gasteiger partial charge in [0.25, 0.3) is 11.8 Å². The number of nitrogen functional groups attached to an aromatic ring is 1. The Hall–Kier alpha value is -3.51. The minimum Gasteiger partial charge on any atom is -0.478 e. The van der Waals surface area contributed by atoms with Crippen LogP contribution in [0.5, 0.6) is 0 Å². The second-order valence-corrected chi connectivity index (χ2v) is 8.86. The highest BCUT2D eigenvalue weighted by Gasteiger charge is 2.55. The zero-order chi connectivity index (χ0) is 24.4. The van der Waals surface area contributed by atoms with Gasteiger partial charge < -0.3 is 31.5 Å². The Kier molecular flexibility index (Phi) is 6.90. The van der Waals surface area contributed by atoms with Gasteiger partial charge in [0.2, 0.25) is 5.60 Å². The lowest BCUT2D eigenvalue weighted by Crippen LogP contribution is -2.73. The number of rotatable bonds is 9. The molecule has 0 bridgehead atoms. The van der Waals surface area contributed by atoms with Crippen LogP contribution in [-0.4, -0.2) is 81.2 Å². The van der Waals surface area contributed by atoms with E-state index in [0.29, 0.717) is 0 Å². The van der Waals surface area contributed by atoms with Gasteiger partial charge in [-0.2, -0.15) is 8.42 Å². The van der Waals surface area contributed by atoms with E-state index in [2.05, 4.69) is 20.2 Å². The lowest BCUT2D eigenvalue weighted by molar-refractivity contribution is -0.161. The molecule has 18 heteroatoms. The monoisotopic (exact) mass is 494 g/mol. The van der Waals surface area contributed by atoms with Crippen LogP contribution >= 0.6 is 11.3 Å². The Morgan fingerprint density at radius 2 is 2.03 bits per heavy atom. The van der Waals surface area contributed by atoms with Crippen LogP contribution in [0.4, 0.5) is 9.93 Å². The fourth-order valence-corrected chi connectivity index (χ4v) is 3.72. The van der Waals surface area contributed by atoms with Crippen molar-refractivity contribution in [3.8, 4) is 0 Å². The predicted octanol–water partition coefficient (Wildman–Crippen LogP) is -2.10. The van der Waals surface area contributed by atoms with Crippen LogP contribution in [0, 0.1) is 0 Å². The number of oxime groups is 1. The first-order chi connectivity index (χ1) is 14.6. The van der Waals surface area contributed by atoms with Crippen LogP contribution in [0.3, 0.4) is 0 Å². The van der Waals surface area contributed by atoms with Crippen molar-refractivity contribution in [2.45, 2.75) is 31.5 Å². The molecule has 1 aliphatic rings. The van der Waals surface area contributed by atoms with Gasteiger partial charge in [-0.15, -0.1) is 11.3 Å². The topological polar surface area (TPSA) is 254 Å². The Morgan fingerprint density at radius 3 is 2.50 bits per heavy atom. The molecule has 32 heavy (non-hydrogen) atoms. The number of β-lactam (4-membered cyclic amide) rings is 1. The van der Waals surface area contributed by atoms with Crippen molar-refractivity contribution in [1.29, 1.82) is 0 Å². The predicted molar refractivity (Wildman–Crippen MR) is 106 cm³/mol. The Labute approximate surface area is 184 Å². The van der Waals surface area contributed by atoms with E-state index < -0.39 is 64.2 Å². The number of nitrogens with zero attached hydrogens (tertiary/aromatic N) is 3. The van der Waals surface area contributed by atoms with E-state index in [9.17, 15) is 32.1 Å². The SMILES string of the molecule is CC(C)(ON=C(C(=O)NC1C(=O)N(S(=O)(=O)O)C1COC(N)=O)c1csc(N)n1)C(=O)O. The van der Waals surface area contributed by atoms with E-state index >= 15 is 0 Å². The van der Waals surface area contributed by atoms with Gasteiger partial charge in [0, 0.05) is 5.38 Å². The highest BCUT2D eigenvalue weighted by Crippen LogP contribution is 2.24. The standard InChI is InChI=1S/C14H18N6O10S2/c1-14(2,11(23)24)30-19-7(5-4-31-12(15)17-5)9(21)18-8-6(3-29-13(16)25)20(10(8)22)32(26,27)28/h4,6,8H,3H2,1-2H3,(H2,15,17)(H2,16,25)(H,18,21)(H,23,24)(H,26,27,28). The molecule has 2 unspecified atom stereocenters. The first kappa shape index (κ1) is 24.8.